The van der Waals surface area contributed by atoms with Gasteiger partial charge in [-0.05, 0) is 12.1 Å². The molecule has 0 aliphatic carbocycles. The lowest BCUT2D eigenvalue weighted by Gasteiger charge is -2.07. The van der Waals surface area contributed by atoms with Gasteiger partial charge < -0.3 is 15.0 Å². The van der Waals surface area contributed by atoms with E-state index in [4.69, 9.17) is 4.74 Å². The Morgan fingerprint density at radius 1 is 1.41 bits per heavy atom. The summed E-state index contributed by atoms with van der Waals surface area (Å²) in [6, 6.07) is 7.09. The second-order valence-corrected chi connectivity index (χ2v) is 3.32. The molecule has 0 heterocycles. The van der Waals surface area contributed by atoms with Crippen molar-refractivity contribution >= 4 is 30.5 Å². The molecule has 0 atom stereocenters. The van der Waals surface area contributed by atoms with Crippen LogP contribution in [0, 0.1) is 0 Å². The predicted octanol–water partition coefficient (Wildman–Crippen LogP) is 2.05. The van der Waals surface area contributed by atoms with Crippen LogP contribution < -0.4 is 10.1 Å². The van der Waals surface area contributed by atoms with E-state index in [0.717, 1.165) is 0 Å². The molecule has 0 fully saturated rings. The van der Waals surface area contributed by atoms with E-state index in [1.165, 1.54) is 7.05 Å². The third-order valence-corrected chi connectivity index (χ3v) is 1.70. The maximum atomic E-state index is 11.1. The maximum absolute atomic E-state index is 11.1. The van der Waals surface area contributed by atoms with Crippen molar-refractivity contribution in [2.45, 2.75) is 0 Å². The quantitative estimate of drug-likeness (QED) is 0.666. The van der Waals surface area contributed by atoms with E-state index in [1.807, 2.05) is 20.2 Å². The van der Waals surface area contributed by atoms with Crippen molar-refractivity contribution in [3.8, 4) is 5.75 Å². The Bertz CT molecular complexity index is 394. The minimum Gasteiger partial charge on any atom is -0.408 e. The summed E-state index contributed by atoms with van der Waals surface area (Å²) < 4.78 is 5.04. The van der Waals surface area contributed by atoms with Gasteiger partial charge in [0.2, 0.25) is 0 Å². The topological polar surface area (TPSA) is 53.9 Å². The third kappa shape index (κ3) is 5.21. The van der Waals surface area contributed by atoms with Gasteiger partial charge in [-0.1, -0.05) is 12.1 Å². The third-order valence-electron chi connectivity index (χ3n) is 1.70. The first-order chi connectivity index (χ1) is 7.63. The summed E-state index contributed by atoms with van der Waals surface area (Å²) >= 11 is 0. The highest BCUT2D eigenvalue weighted by Crippen LogP contribution is 2.26. The van der Waals surface area contributed by atoms with Crippen LogP contribution in [0.1, 0.15) is 0 Å². The minimum atomic E-state index is -0.507. The number of nitrogens with zero attached hydrogens (tertiary/aromatic N) is 2. The minimum absolute atomic E-state index is 0. The monoisotopic (exact) mass is 257 g/mol. The fourth-order valence-electron chi connectivity index (χ4n) is 0.979. The summed E-state index contributed by atoms with van der Waals surface area (Å²) in [5, 5.41) is 2.38. The fraction of sp³-hybridized carbons (Fsp3) is 0.273. The van der Waals surface area contributed by atoms with E-state index in [-0.39, 0.29) is 12.4 Å². The molecule has 0 radical (unpaired) electrons. The first-order valence-corrected chi connectivity index (χ1v) is 4.82. The average Bonchev–Trinajstić information content (AvgIpc) is 2.27. The van der Waals surface area contributed by atoms with Gasteiger partial charge in [0.05, 0.1) is 6.34 Å². The number of carbonyl (C=O) groups excluding carboxylic acids is 1. The van der Waals surface area contributed by atoms with Gasteiger partial charge >= 0.3 is 6.09 Å². The Morgan fingerprint density at radius 3 is 2.65 bits per heavy atom. The van der Waals surface area contributed by atoms with Crippen molar-refractivity contribution in [1.29, 1.82) is 0 Å². The smallest absolute Gasteiger partial charge is 0.408 e. The average molecular weight is 258 g/mol. The van der Waals surface area contributed by atoms with Gasteiger partial charge in [-0.25, -0.2) is 9.79 Å². The van der Waals surface area contributed by atoms with Crippen LogP contribution in [0.5, 0.6) is 5.75 Å². The number of hydrogen-bond acceptors (Lipinski definition) is 3. The molecule has 17 heavy (non-hydrogen) atoms. The lowest BCUT2D eigenvalue weighted by atomic mass is 10.3. The Balaban J connectivity index is 0.00000256. The van der Waals surface area contributed by atoms with E-state index in [0.29, 0.717) is 11.4 Å². The molecule has 0 aliphatic heterocycles. The molecule has 0 bridgehead atoms. The molecule has 0 saturated heterocycles. The van der Waals surface area contributed by atoms with Crippen molar-refractivity contribution < 1.29 is 9.53 Å². The zero-order valence-corrected chi connectivity index (χ0v) is 10.8. The summed E-state index contributed by atoms with van der Waals surface area (Å²) in [7, 11) is 5.24. The first-order valence-electron chi connectivity index (χ1n) is 4.82. The van der Waals surface area contributed by atoms with Crippen LogP contribution in [0.4, 0.5) is 10.5 Å². The van der Waals surface area contributed by atoms with E-state index in [1.54, 1.807) is 29.4 Å². The zero-order valence-electron chi connectivity index (χ0n) is 10.0. The van der Waals surface area contributed by atoms with Crippen molar-refractivity contribution in [3.05, 3.63) is 24.3 Å². The number of rotatable bonds is 3. The van der Waals surface area contributed by atoms with E-state index >= 15 is 0 Å². The van der Waals surface area contributed by atoms with Gasteiger partial charge in [0, 0.05) is 21.1 Å². The Kier molecular flexibility index (Phi) is 6.74. The molecule has 0 aliphatic rings. The molecule has 0 unspecified atom stereocenters. The standard InChI is InChI=1S/C11H15N3O2.ClH/c1-12-11(15)16-10-7-5-4-6-9(10)13-8-14(2)3;/h4-8H,1-3H3,(H,12,15);1H/b13-8+;. The largest absolute Gasteiger partial charge is 0.412 e. The molecule has 0 spiro atoms. The predicted molar refractivity (Wildman–Crippen MR) is 70.6 cm³/mol. The normalized spacial score (nSPS) is 9.59. The highest BCUT2D eigenvalue weighted by atomic mass is 35.5. The van der Waals surface area contributed by atoms with Crippen LogP contribution in [-0.2, 0) is 0 Å². The number of benzene rings is 1. The van der Waals surface area contributed by atoms with Gasteiger partial charge in [-0.15, -0.1) is 12.4 Å². The van der Waals surface area contributed by atoms with Crippen LogP contribution in [0.2, 0.25) is 0 Å². The summed E-state index contributed by atoms with van der Waals surface area (Å²) in [6.07, 6.45) is 1.14. The first kappa shape index (κ1) is 15.2. The highest BCUT2D eigenvalue weighted by Gasteiger charge is 2.05. The van der Waals surface area contributed by atoms with Crippen LogP contribution in [0.3, 0.4) is 0 Å². The summed E-state index contributed by atoms with van der Waals surface area (Å²) in [6.45, 7) is 0. The number of aliphatic imine (C=N–C) groups is 1. The summed E-state index contributed by atoms with van der Waals surface area (Å²) in [5.41, 5.74) is 0.611. The van der Waals surface area contributed by atoms with Gasteiger partial charge in [-0.3, -0.25) is 0 Å². The molecule has 0 aromatic heterocycles. The maximum Gasteiger partial charge on any atom is 0.412 e. The number of carbonyl (C=O) groups is 1. The Morgan fingerprint density at radius 2 is 2.06 bits per heavy atom. The van der Waals surface area contributed by atoms with E-state index < -0.39 is 6.09 Å². The highest BCUT2D eigenvalue weighted by molar-refractivity contribution is 5.85. The molecular formula is C11H16ClN3O2. The zero-order chi connectivity index (χ0) is 12.0. The molecule has 1 amide bonds. The second kappa shape index (κ2) is 7.51. The second-order valence-electron chi connectivity index (χ2n) is 3.32. The molecule has 0 saturated carbocycles. The lowest BCUT2D eigenvalue weighted by Crippen LogP contribution is -2.22. The van der Waals surface area contributed by atoms with Crippen molar-refractivity contribution in [3.63, 3.8) is 0 Å². The number of amides is 1. The van der Waals surface area contributed by atoms with Crippen molar-refractivity contribution in [2.75, 3.05) is 21.1 Å². The molecule has 5 nitrogen and oxygen atoms in total. The Labute approximate surface area is 107 Å². The summed E-state index contributed by atoms with van der Waals surface area (Å²) in [4.78, 5) is 17.1. The number of nitrogens with one attached hydrogen (secondary N) is 1. The van der Waals surface area contributed by atoms with Crippen molar-refractivity contribution in [1.82, 2.24) is 10.2 Å². The molecule has 94 valence electrons. The van der Waals surface area contributed by atoms with Crippen LogP contribution in [-0.4, -0.2) is 38.5 Å². The number of hydrogen-bond donors (Lipinski definition) is 1. The molecule has 1 aromatic rings. The molecular weight excluding hydrogens is 242 g/mol. The summed E-state index contributed by atoms with van der Waals surface area (Å²) in [5.74, 6) is 0.431. The number of halogens is 1. The molecule has 1 rings (SSSR count). The molecule has 6 heteroatoms. The van der Waals surface area contributed by atoms with Crippen LogP contribution >= 0.6 is 12.4 Å². The fourth-order valence-corrected chi connectivity index (χ4v) is 0.979. The van der Waals surface area contributed by atoms with Gasteiger partial charge in [0.25, 0.3) is 0 Å². The molecule has 1 N–H and O–H groups in total. The molecule has 1 aromatic carbocycles. The van der Waals surface area contributed by atoms with Crippen LogP contribution in [0.15, 0.2) is 29.3 Å². The van der Waals surface area contributed by atoms with E-state index in [9.17, 15) is 4.79 Å². The van der Waals surface area contributed by atoms with Gasteiger partial charge in [-0.2, -0.15) is 0 Å². The SMILES string of the molecule is CNC(=O)Oc1ccccc1/N=C/N(C)C.Cl. The number of para-hydroxylation sites is 2. The van der Waals surface area contributed by atoms with Crippen LogP contribution in [0.25, 0.3) is 0 Å². The lowest BCUT2D eigenvalue weighted by molar-refractivity contribution is 0.203. The Hall–Kier alpha value is -1.75. The van der Waals surface area contributed by atoms with E-state index in [2.05, 4.69) is 10.3 Å². The van der Waals surface area contributed by atoms with Gasteiger partial charge in [0.15, 0.2) is 5.75 Å². The van der Waals surface area contributed by atoms with Gasteiger partial charge in [0.1, 0.15) is 5.69 Å². The van der Waals surface area contributed by atoms with Crippen molar-refractivity contribution in [2.24, 2.45) is 4.99 Å². The number of ether oxygens (including phenoxy) is 1.